The average Bonchev–Trinajstić information content (AvgIpc) is 1.99. The molecular weight excluding hydrogens is 190 g/mol. The second-order valence-corrected chi connectivity index (χ2v) is 4.59. The van der Waals surface area contributed by atoms with Crippen molar-refractivity contribution >= 4 is 0 Å². The number of nitrogens with one attached hydrogen (secondary N) is 1. The zero-order valence-corrected chi connectivity index (χ0v) is 10.1. The van der Waals surface area contributed by atoms with Crippen molar-refractivity contribution in [3.63, 3.8) is 0 Å². The molecule has 0 spiro atoms. The van der Waals surface area contributed by atoms with Crippen molar-refractivity contribution in [2.45, 2.75) is 45.6 Å². The molecule has 88 valence electrons. The molecule has 0 aromatic rings. The number of rotatable bonds is 7. The summed E-state index contributed by atoms with van der Waals surface area (Å²) >= 11 is 0. The van der Waals surface area contributed by atoms with Gasteiger partial charge in [0.15, 0.2) is 5.88 Å². The Kier molecular flexibility index (Phi) is 5.90. The van der Waals surface area contributed by atoms with E-state index in [4.69, 9.17) is 9.84 Å². The molecule has 0 rings (SSSR count). The van der Waals surface area contributed by atoms with Crippen molar-refractivity contribution in [1.29, 1.82) is 0 Å². The molecule has 0 heterocycles. The molecular formula is C12H23NO2. The number of ether oxygens (including phenoxy) is 1. The van der Waals surface area contributed by atoms with Gasteiger partial charge in [-0.1, -0.05) is 6.58 Å². The Bertz CT molecular complexity index is 216. The van der Waals surface area contributed by atoms with E-state index in [9.17, 15) is 0 Å². The van der Waals surface area contributed by atoms with Crippen LogP contribution in [0.5, 0.6) is 0 Å². The molecule has 3 heteroatoms. The van der Waals surface area contributed by atoms with E-state index in [0.717, 1.165) is 19.4 Å². The van der Waals surface area contributed by atoms with E-state index in [1.165, 1.54) is 0 Å². The van der Waals surface area contributed by atoms with Crippen LogP contribution in [0.3, 0.4) is 0 Å². The Morgan fingerprint density at radius 3 is 2.33 bits per heavy atom. The maximum atomic E-state index is 8.86. The molecule has 0 aliphatic rings. The van der Waals surface area contributed by atoms with Crippen LogP contribution in [0.2, 0.25) is 0 Å². The van der Waals surface area contributed by atoms with Crippen LogP contribution in [-0.4, -0.2) is 17.3 Å². The van der Waals surface area contributed by atoms with Crippen LogP contribution in [0, 0.1) is 0 Å². The number of aliphatic hydroxyl groups excluding tert-OH is 1. The minimum atomic E-state index is -0.205. The molecule has 0 aliphatic carbocycles. The van der Waals surface area contributed by atoms with E-state index >= 15 is 0 Å². The highest BCUT2D eigenvalue weighted by molar-refractivity contribution is 4.83. The summed E-state index contributed by atoms with van der Waals surface area (Å²) < 4.78 is 5.49. The largest absolute Gasteiger partial charge is 0.513 e. The fraction of sp³-hybridized carbons (Fsp3) is 0.667. The molecule has 0 fully saturated rings. The third-order valence-electron chi connectivity index (χ3n) is 1.64. The van der Waals surface area contributed by atoms with Gasteiger partial charge in [0.1, 0.15) is 5.60 Å². The van der Waals surface area contributed by atoms with Crippen molar-refractivity contribution < 1.29 is 9.84 Å². The van der Waals surface area contributed by atoms with Gasteiger partial charge in [0.05, 0.1) is 5.76 Å². The lowest BCUT2D eigenvalue weighted by atomic mass is 10.2. The second kappa shape index (κ2) is 6.38. The lowest BCUT2D eigenvalue weighted by Crippen LogP contribution is -2.25. The van der Waals surface area contributed by atoms with Gasteiger partial charge >= 0.3 is 0 Å². The first kappa shape index (κ1) is 13.9. The number of aliphatic hydroxyl groups is 1. The molecule has 0 aliphatic heterocycles. The van der Waals surface area contributed by atoms with Crippen LogP contribution in [0.1, 0.15) is 40.0 Å². The first-order valence-electron chi connectivity index (χ1n) is 5.30. The highest BCUT2D eigenvalue weighted by Gasteiger charge is 2.11. The molecule has 0 amide bonds. The maximum Gasteiger partial charge on any atom is 0.179 e. The zero-order chi connectivity index (χ0) is 11.9. The Hall–Kier alpha value is -1.12. The van der Waals surface area contributed by atoms with Crippen molar-refractivity contribution in [2.75, 3.05) is 6.54 Å². The van der Waals surface area contributed by atoms with E-state index in [2.05, 4.69) is 18.5 Å². The second-order valence-electron chi connectivity index (χ2n) is 4.59. The lowest BCUT2D eigenvalue weighted by molar-refractivity contribution is 0.0415. The van der Waals surface area contributed by atoms with Crippen molar-refractivity contribution in [3.05, 3.63) is 24.8 Å². The Morgan fingerprint density at radius 2 is 1.87 bits per heavy atom. The quantitative estimate of drug-likeness (QED) is 0.504. The van der Waals surface area contributed by atoms with Gasteiger partial charge in [-0.3, -0.25) is 0 Å². The number of unbranched alkanes of at least 4 members (excludes halogenated alkanes) is 1. The van der Waals surface area contributed by atoms with Gasteiger partial charge in [0, 0.05) is 13.0 Å². The predicted molar refractivity (Wildman–Crippen MR) is 63.6 cm³/mol. The third kappa shape index (κ3) is 10.8. The van der Waals surface area contributed by atoms with Gasteiger partial charge in [-0.25, -0.2) is 0 Å². The fourth-order valence-electron chi connectivity index (χ4n) is 1.09. The predicted octanol–water partition coefficient (Wildman–Crippen LogP) is 3.10. The molecule has 15 heavy (non-hydrogen) atoms. The highest BCUT2D eigenvalue weighted by Crippen LogP contribution is 2.10. The van der Waals surface area contributed by atoms with Crippen LogP contribution in [0.25, 0.3) is 0 Å². The van der Waals surface area contributed by atoms with E-state index in [1.807, 2.05) is 20.8 Å². The van der Waals surface area contributed by atoms with E-state index < -0.39 is 0 Å². The first-order chi connectivity index (χ1) is 6.81. The summed E-state index contributed by atoms with van der Waals surface area (Å²) in [6, 6.07) is 0. The number of allylic oxidation sites excluding steroid dienone is 1. The van der Waals surface area contributed by atoms with Crippen LogP contribution >= 0.6 is 0 Å². The van der Waals surface area contributed by atoms with E-state index in [0.29, 0.717) is 12.3 Å². The van der Waals surface area contributed by atoms with Gasteiger partial charge in [-0.15, -0.1) is 0 Å². The van der Waals surface area contributed by atoms with Gasteiger partial charge in [-0.2, -0.15) is 0 Å². The van der Waals surface area contributed by atoms with Crippen LogP contribution in [-0.2, 0) is 4.74 Å². The van der Waals surface area contributed by atoms with Crippen LogP contribution in [0.4, 0.5) is 0 Å². The molecule has 0 saturated carbocycles. The summed E-state index contributed by atoms with van der Waals surface area (Å²) in [7, 11) is 0. The monoisotopic (exact) mass is 213 g/mol. The zero-order valence-electron chi connectivity index (χ0n) is 10.1. The molecule has 2 N–H and O–H groups in total. The minimum absolute atomic E-state index is 0.205. The molecule has 0 bridgehead atoms. The maximum absolute atomic E-state index is 8.86. The standard InChI is InChI=1S/C12H23NO2/c1-10(14)8-6-7-9-13-11(2)15-12(3,4)5/h13-14H,1-2,6-9H2,3-5H3. The smallest absolute Gasteiger partial charge is 0.179 e. The average molecular weight is 213 g/mol. The highest BCUT2D eigenvalue weighted by atomic mass is 16.5. The first-order valence-corrected chi connectivity index (χ1v) is 5.30. The molecule has 0 saturated heterocycles. The lowest BCUT2D eigenvalue weighted by Gasteiger charge is -2.23. The van der Waals surface area contributed by atoms with Gasteiger partial charge < -0.3 is 15.2 Å². The Morgan fingerprint density at radius 1 is 1.27 bits per heavy atom. The minimum Gasteiger partial charge on any atom is -0.513 e. The Balaban J connectivity index is 3.44. The van der Waals surface area contributed by atoms with Gasteiger partial charge in [0.2, 0.25) is 0 Å². The SMILES string of the molecule is C=C(O)CCCCNC(=C)OC(C)(C)C. The van der Waals surface area contributed by atoms with Crippen molar-refractivity contribution in [2.24, 2.45) is 0 Å². The van der Waals surface area contributed by atoms with Gasteiger partial charge in [0.25, 0.3) is 0 Å². The van der Waals surface area contributed by atoms with E-state index in [1.54, 1.807) is 0 Å². The van der Waals surface area contributed by atoms with Crippen molar-refractivity contribution in [1.82, 2.24) is 5.32 Å². The molecule has 0 aromatic carbocycles. The fourth-order valence-corrected chi connectivity index (χ4v) is 1.09. The molecule has 0 unspecified atom stereocenters. The molecule has 0 aromatic heterocycles. The van der Waals surface area contributed by atoms with Crippen molar-refractivity contribution in [3.8, 4) is 0 Å². The number of hydrogen-bond donors (Lipinski definition) is 2. The van der Waals surface area contributed by atoms with Gasteiger partial charge in [-0.05, 0) is 40.2 Å². The normalized spacial score (nSPS) is 10.9. The van der Waals surface area contributed by atoms with Crippen LogP contribution < -0.4 is 5.32 Å². The molecule has 0 atom stereocenters. The summed E-state index contributed by atoms with van der Waals surface area (Å²) in [5, 5.41) is 11.9. The molecule has 3 nitrogen and oxygen atoms in total. The summed E-state index contributed by atoms with van der Waals surface area (Å²) in [6.45, 7) is 14.0. The van der Waals surface area contributed by atoms with E-state index in [-0.39, 0.29) is 11.4 Å². The topological polar surface area (TPSA) is 41.5 Å². The molecule has 0 radical (unpaired) electrons. The summed E-state index contributed by atoms with van der Waals surface area (Å²) in [4.78, 5) is 0. The summed E-state index contributed by atoms with van der Waals surface area (Å²) in [5.41, 5.74) is -0.205. The number of hydrogen-bond acceptors (Lipinski definition) is 3. The third-order valence-corrected chi connectivity index (χ3v) is 1.64. The Labute approximate surface area is 92.8 Å². The summed E-state index contributed by atoms with van der Waals surface area (Å²) in [6.07, 6.45) is 2.55. The summed E-state index contributed by atoms with van der Waals surface area (Å²) in [5.74, 6) is 0.852. The van der Waals surface area contributed by atoms with Crippen LogP contribution in [0.15, 0.2) is 24.8 Å².